The third-order valence-electron chi connectivity index (χ3n) is 4.76. The SMILES string of the molecule is CCNC(=NCCNC(=O)c1scnc1C)N1CCC(CSc2ccccc2)C1. The number of carbonyl (C=O) groups excluding carboxylic acids is 1. The van der Waals surface area contributed by atoms with E-state index in [2.05, 4.69) is 57.8 Å². The molecule has 1 saturated heterocycles. The Balaban J connectivity index is 1.45. The molecule has 1 aromatic heterocycles. The van der Waals surface area contributed by atoms with Crippen molar-refractivity contribution < 1.29 is 4.79 Å². The summed E-state index contributed by atoms with van der Waals surface area (Å²) in [6.07, 6.45) is 1.19. The fraction of sp³-hybridized carbons (Fsp3) is 0.476. The predicted molar refractivity (Wildman–Crippen MR) is 122 cm³/mol. The predicted octanol–water partition coefficient (Wildman–Crippen LogP) is 3.26. The Labute approximate surface area is 181 Å². The first kappa shape index (κ1) is 21.6. The molecule has 8 heteroatoms. The monoisotopic (exact) mass is 431 g/mol. The first-order valence-electron chi connectivity index (χ1n) is 10.1. The summed E-state index contributed by atoms with van der Waals surface area (Å²) in [5, 5.41) is 6.33. The van der Waals surface area contributed by atoms with Gasteiger partial charge >= 0.3 is 0 Å². The van der Waals surface area contributed by atoms with Gasteiger partial charge in [0.1, 0.15) is 4.88 Å². The smallest absolute Gasteiger partial charge is 0.263 e. The van der Waals surface area contributed by atoms with Crippen LogP contribution >= 0.6 is 23.1 Å². The molecule has 6 nitrogen and oxygen atoms in total. The molecule has 3 rings (SSSR count). The summed E-state index contributed by atoms with van der Waals surface area (Å²) in [7, 11) is 0. The number of amides is 1. The molecular formula is C21H29N5OS2. The van der Waals surface area contributed by atoms with Crippen molar-refractivity contribution in [3.05, 3.63) is 46.4 Å². The molecule has 1 amide bonds. The average Bonchev–Trinajstić information content (AvgIpc) is 3.38. The molecule has 2 heterocycles. The first-order valence-corrected chi connectivity index (χ1v) is 11.9. The molecular weight excluding hydrogens is 402 g/mol. The Bertz CT molecular complexity index is 808. The van der Waals surface area contributed by atoms with Gasteiger partial charge in [-0.2, -0.15) is 0 Å². The number of aliphatic imine (C=N–C) groups is 1. The minimum atomic E-state index is -0.0654. The molecule has 0 aliphatic carbocycles. The zero-order valence-corrected chi connectivity index (χ0v) is 18.7. The van der Waals surface area contributed by atoms with Crippen molar-refractivity contribution in [2.45, 2.75) is 25.2 Å². The van der Waals surface area contributed by atoms with Gasteiger partial charge in [0.25, 0.3) is 5.91 Å². The molecule has 1 fully saturated rings. The number of rotatable bonds is 8. The largest absolute Gasteiger partial charge is 0.357 e. The van der Waals surface area contributed by atoms with Crippen molar-refractivity contribution in [1.29, 1.82) is 0 Å². The summed E-state index contributed by atoms with van der Waals surface area (Å²) in [5.41, 5.74) is 2.48. The van der Waals surface area contributed by atoms with E-state index in [1.165, 1.54) is 22.7 Å². The van der Waals surface area contributed by atoms with E-state index in [0.717, 1.165) is 37.0 Å². The van der Waals surface area contributed by atoms with E-state index in [-0.39, 0.29) is 5.91 Å². The Hall–Kier alpha value is -2.06. The Morgan fingerprint density at radius 2 is 2.17 bits per heavy atom. The number of nitrogens with one attached hydrogen (secondary N) is 2. The minimum absolute atomic E-state index is 0.0654. The highest BCUT2D eigenvalue weighted by Gasteiger charge is 2.24. The molecule has 0 bridgehead atoms. The van der Waals surface area contributed by atoms with Gasteiger partial charge in [0.2, 0.25) is 0 Å². The fourth-order valence-electron chi connectivity index (χ4n) is 3.25. The summed E-state index contributed by atoms with van der Waals surface area (Å²) in [5.74, 6) is 2.68. The lowest BCUT2D eigenvalue weighted by molar-refractivity contribution is 0.0958. The van der Waals surface area contributed by atoms with E-state index in [4.69, 9.17) is 4.99 Å². The molecule has 1 aliphatic rings. The summed E-state index contributed by atoms with van der Waals surface area (Å²) in [4.78, 5) is 25.4. The maximum absolute atomic E-state index is 12.2. The van der Waals surface area contributed by atoms with Gasteiger partial charge in [-0.05, 0) is 38.3 Å². The van der Waals surface area contributed by atoms with Crippen LogP contribution < -0.4 is 10.6 Å². The van der Waals surface area contributed by atoms with Crippen molar-refractivity contribution in [3.63, 3.8) is 0 Å². The maximum atomic E-state index is 12.2. The molecule has 1 atom stereocenters. The molecule has 2 aromatic rings. The van der Waals surface area contributed by atoms with Crippen LogP contribution in [-0.2, 0) is 0 Å². The number of guanidine groups is 1. The standard InChI is InChI=1S/C21H29N5OS2/c1-3-22-21(24-11-10-23-20(27)19-16(2)25-15-29-19)26-12-9-17(13-26)14-28-18-7-5-4-6-8-18/h4-8,15,17H,3,9-14H2,1-2H3,(H,22,24)(H,23,27). The first-order chi connectivity index (χ1) is 14.2. The second kappa shape index (κ2) is 11.2. The molecule has 1 unspecified atom stereocenters. The van der Waals surface area contributed by atoms with Crippen LogP contribution in [0.3, 0.4) is 0 Å². The van der Waals surface area contributed by atoms with Crippen molar-refractivity contribution in [2.75, 3.05) is 38.5 Å². The number of hydrogen-bond acceptors (Lipinski definition) is 5. The van der Waals surface area contributed by atoms with Gasteiger partial charge in [-0.3, -0.25) is 9.79 Å². The second-order valence-corrected chi connectivity index (χ2v) is 8.93. The molecule has 0 radical (unpaired) electrons. The average molecular weight is 432 g/mol. The van der Waals surface area contributed by atoms with Crippen LogP contribution in [0.2, 0.25) is 0 Å². The van der Waals surface area contributed by atoms with Crippen LogP contribution in [0.15, 0.2) is 45.7 Å². The lowest BCUT2D eigenvalue weighted by Gasteiger charge is -2.21. The Kier molecular flexibility index (Phi) is 8.37. The van der Waals surface area contributed by atoms with Crippen LogP contribution in [0.1, 0.15) is 28.7 Å². The van der Waals surface area contributed by atoms with E-state index in [9.17, 15) is 4.79 Å². The van der Waals surface area contributed by atoms with Gasteiger partial charge in [-0.25, -0.2) is 4.98 Å². The quantitative estimate of drug-likeness (QED) is 0.291. The Morgan fingerprint density at radius 3 is 2.90 bits per heavy atom. The zero-order valence-electron chi connectivity index (χ0n) is 17.1. The van der Waals surface area contributed by atoms with Crippen LogP contribution in [0, 0.1) is 12.8 Å². The highest BCUT2D eigenvalue weighted by atomic mass is 32.2. The van der Waals surface area contributed by atoms with Gasteiger partial charge in [0.15, 0.2) is 5.96 Å². The molecule has 29 heavy (non-hydrogen) atoms. The van der Waals surface area contributed by atoms with Crippen LogP contribution in [-0.4, -0.2) is 60.2 Å². The summed E-state index contributed by atoms with van der Waals surface area (Å²) < 4.78 is 0. The number of benzene rings is 1. The molecule has 2 N–H and O–H groups in total. The summed E-state index contributed by atoms with van der Waals surface area (Å²) >= 11 is 3.30. The van der Waals surface area contributed by atoms with Crippen molar-refractivity contribution in [2.24, 2.45) is 10.9 Å². The minimum Gasteiger partial charge on any atom is -0.357 e. The van der Waals surface area contributed by atoms with E-state index in [1.807, 2.05) is 18.7 Å². The van der Waals surface area contributed by atoms with Crippen LogP contribution in [0.4, 0.5) is 0 Å². The number of aromatic nitrogens is 1. The van der Waals surface area contributed by atoms with Gasteiger partial charge in [-0.1, -0.05) is 18.2 Å². The number of likely N-dealkylation sites (tertiary alicyclic amines) is 1. The van der Waals surface area contributed by atoms with E-state index in [1.54, 1.807) is 5.51 Å². The zero-order chi connectivity index (χ0) is 20.5. The lowest BCUT2D eigenvalue weighted by Crippen LogP contribution is -2.40. The van der Waals surface area contributed by atoms with Crippen molar-refractivity contribution in [3.8, 4) is 0 Å². The molecule has 1 aliphatic heterocycles. The summed E-state index contributed by atoms with van der Waals surface area (Å²) in [6.45, 7) is 7.91. The highest BCUT2D eigenvalue weighted by Crippen LogP contribution is 2.25. The van der Waals surface area contributed by atoms with Crippen molar-refractivity contribution >= 4 is 35.0 Å². The second-order valence-electron chi connectivity index (χ2n) is 6.98. The number of carbonyl (C=O) groups is 1. The lowest BCUT2D eigenvalue weighted by atomic mass is 10.2. The number of aryl methyl sites for hydroxylation is 1. The fourth-order valence-corrected chi connectivity index (χ4v) is 5.02. The topological polar surface area (TPSA) is 69.6 Å². The number of nitrogens with zero attached hydrogens (tertiary/aromatic N) is 3. The third kappa shape index (κ3) is 6.47. The number of thiazole rings is 1. The van der Waals surface area contributed by atoms with Crippen LogP contribution in [0.25, 0.3) is 0 Å². The van der Waals surface area contributed by atoms with E-state index in [0.29, 0.717) is 23.9 Å². The van der Waals surface area contributed by atoms with Gasteiger partial charge < -0.3 is 15.5 Å². The molecule has 0 saturated carbocycles. The molecule has 1 aromatic carbocycles. The summed E-state index contributed by atoms with van der Waals surface area (Å²) in [6, 6.07) is 10.6. The van der Waals surface area contributed by atoms with Crippen molar-refractivity contribution in [1.82, 2.24) is 20.5 Å². The van der Waals surface area contributed by atoms with Crippen LogP contribution in [0.5, 0.6) is 0 Å². The highest BCUT2D eigenvalue weighted by molar-refractivity contribution is 7.99. The third-order valence-corrected chi connectivity index (χ3v) is 6.93. The normalized spacial score (nSPS) is 16.8. The Morgan fingerprint density at radius 1 is 1.34 bits per heavy atom. The molecule has 0 spiro atoms. The molecule has 156 valence electrons. The number of hydrogen-bond donors (Lipinski definition) is 2. The number of thioether (sulfide) groups is 1. The van der Waals surface area contributed by atoms with Gasteiger partial charge in [0, 0.05) is 36.8 Å². The maximum Gasteiger partial charge on any atom is 0.263 e. The van der Waals surface area contributed by atoms with E-state index < -0.39 is 0 Å². The van der Waals surface area contributed by atoms with E-state index >= 15 is 0 Å². The van der Waals surface area contributed by atoms with Gasteiger partial charge in [0.05, 0.1) is 17.7 Å². The van der Waals surface area contributed by atoms with Gasteiger partial charge in [-0.15, -0.1) is 23.1 Å².